The van der Waals surface area contributed by atoms with Gasteiger partial charge in [-0.25, -0.2) is 0 Å². The van der Waals surface area contributed by atoms with Crippen LogP contribution in [0.1, 0.15) is 33.1 Å². The van der Waals surface area contributed by atoms with E-state index in [1.165, 1.54) is 0 Å². The van der Waals surface area contributed by atoms with Crippen molar-refractivity contribution in [3.63, 3.8) is 0 Å². The van der Waals surface area contributed by atoms with Gasteiger partial charge in [0.15, 0.2) is 0 Å². The molecule has 1 heterocycles. The predicted molar refractivity (Wildman–Crippen MR) is 62.7 cm³/mol. The lowest BCUT2D eigenvalue weighted by molar-refractivity contribution is -0.134. The first kappa shape index (κ1) is 13.0. The van der Waals surface area contributed by atoms with Gasteiger partial charge in [-0.3, -0.25) is 9.69 Å². The summed E-state index contributed by atoms with van der Waals surface area (Å²) in [6.07, 6.45) is 2.31. The molecule has 0 aliphatic carbocycles. The lowest BCUT2D eigenvalue weighted by Crippen LogP contribution is -2.47. The van der Waals surface area contributed by atoms with E-state index in [0.29, 0.717) is 12.5 Å². The van der Waals surface area contributed by atoms with Gasteiger partial charge < -0.3 is 4.90 Å². The van der Waals surface area contributed by atoms with Crippen LogP contribution >= 0.6 is 0 Å². The van der Waals surface area contributed by atoms with Crippen LogP contribution in [0.2, 0.25) is 0 Å². The normalized spacial score (nSPS) is 27.6. The van der Waals surface area contributed by atoms with Gasteiger partial charge in [-0.1, -0.05) is 6.92 Å². The highest BCUT2D eigenvalue weighted by Crippen LogP contribution is 2.18. The van der Waals surface area contributed by atoms with Crippen molar-refractivity contribution >= 4 is 5.91 Å². The Morgan fingerprint density at radius 3 is 2.81 bits per heavy atom. The smallest absolute Gasteiger partial charge is 0.240 e. The topological polar surface area (TPSA) is 47.3 Å². The highest BCUT2D eigenvalue weighted by atomic mass is 16.2. The molecule has 0 bridgehead atoms. The standard InChI is InChI=1S/C12H21N3O/c1-4-8-15-10(2)6-9-14(3)12(16)11(15)5-7-13/h10-11H,4-6,8-9H2,1-3H3. The molecule has 4 nitrogen and oxygen atoms in total. The average Bonchev–Trinajstić information content (AvgIpc) is 2.36. The summed E-state index contributed by atoms with van der Waals surface area (Å²) in [5.74, 6) is 0.0966. The van der Waals surface area contributed by atoms with Gasteiger partial charge in [-0.05, 0) is 26.3 Å². The summed E-state index contributed by atoms with van der Waals surface area (Å²) in [6.45, 7) is 5.94. The van der Waals surface area contributed by atoms with E-state index in [0.717, 1.165) is 25.9 Å². The van der Waals surface area contributed by atoms with Gasteiger partial charge in [-0.15, -0.1) is 0 Å². The molecule has 1 rings (SSSR count). The largest absolute Gasteiger partial charge is 0.344 e. The average molecular weight is 223 g/mol. The summed E-state index contributed by atoms with van der Waals surface area (Å²) in [6, 6.07) is 2.27. The summed E-state index contributed by atoms with van der Waals surface area (Å²) in [7, 11) is 1.83. The molecule has 0 saturated carbocycles. The maximum atomic E-state index is 12.1. The van der Waals surface area contributed by atoms with E-state index >= 15 is 0 Å². The molecule has 90 valence electrons. The third-order valence-electron chi connectivity index (χ3n) is 3.28. The minimum absolute atomic E-state index is 0.0966. The number of nitriles is 1. The van der Waals surface area contributed by atoms with Crippen LogP contribution in [0.4, 0.5) is 0 Å². The number of amides is 1. The van der Waals surface area contributed by atoms with Crippen LogP contribution in [0.5, 0.6) is 0 Å². The second kappa shape index (κ2) is 5.86. The summed E-state index contributed by atoms with van der Waals surface area (Å²) >= 11 is 0. The van der Waals surface area contributed by atoms with E-state index in [-0.39, 0.29) is 11.9 Å². The van der Waals surface area contributed by atoms with E-state index < -0.39 is 0 Å². The first-order valence-corrected chi connectivity index (χ1v) is 5.99. The van der Waals surface area contributed by atoms with Crippen LogP contribution in [0.15, 0.2) is 0 Å². The zero-order chi connectivity index (χ0) is 12.1. The number of hydrogen-bond acceptors (Lipinski definition) is 3. The molecular weight excluding hydrogens is 202 g/mol. The molecule has 0 spiro atoms. The minimum atomic E-state index is -0.243. The lowest BCUT2D eigenvalue weighted by atomic mass is 10.1. The van der Waals surface area contributed by atoms with Crippen LogP contribution in [-0.2, 0) is 4.79 Å². The monoisotopic (exact) mass is 223 g/mol. The Labute approximate surface area is 97.8 Å². The van der Waals surface area contributed by atoms with E-state index in [1.807, 2.05) is 7.05 Å². The molecule has 0 aromatic rings. The Hall–Kier alpha value is -1.08. The Morgan fingerprint density at radius 1 is 1.56 bits per heavy atom. The molecule has 0 N–H and O–H groups in total. The van der Waals surface area contributed by atoms with E-state index in [9.17, 15) is 4.79 Å². The fraction of sp³-hybridized carbons (Fsp3) is 0.833. The van der Waals surface area contributed by atoms with Crippen LogP contribution < -0.4 is 0 Å². The molecule has 4 heteroatoms. The molecule has 0 radical (unpaired) electrons. The second-order valence-corrected chi connectivity index (χ2v) is 4.51. The SMILES string of the molecule is CCCN1C(C)CCN(C)C(=O)C1CC#N. The molecule has 2 unspecified atom stereocenters. The fourth-order valence-electron chi connectivity index (χ4n) is 2.29. The van der Waals surface area contributed by atoms with Crippen molar-refractivity contribution in [2.24, 2.45) is 0 Å². The summed E-state index contributed by atoms with van der Waals surface area (Å²) in [5.41, 5.74) is 0. The van der Waals surface area contributed by atoms with Crippen molar-refractivity contribution < 1.29 is 4.79 Å². The quantitative estimate of drug-likeness (QED) is 0.723. The predicted octanol–water partition coefficient (Wildman–Crippen LogP) is 1.23. The second-order valence-electron chi connectivity index (χ2n) is 4.51. The van der Waals surface area contributed by atoms with E-state index in [1.54, 1.807) is 4.90 Å². The number of nitrogens with zero attached hydrogens (tertiary/aromatic N) is 3. The maximum Gasteiger partial charge on any atom is 0.240 e. The molecule has 16 heavy (non-hydrogen) atoms. The first-order chi connectivity index (χ1) is 7.61. The van der Waals surface area contributed by atoms with Gasteiger partial charge in [0.25, 0.3) is 0 Å². The van der Waals surface area contributed by atoms with Gasteiger partial charge in [0.2, 0.25) is 5.91 Å². The van der Waals surface area contributed by atoms with Gasteiger partial charge in [0.05, 0.1) is 12.5 Å². The van der Waals surface area contributed by atoms with E-state index in [4.69, 9.17) is 5.26 Å². The van der Waals surface area contributed by atoms with Gasteiger partial charge in [0, 0.05) is 19.6 Å². The Bertz CT molecular complexity index is 284. The molecular formula is C12H21N3O. The Kier molecular flexibility index (Phi) is 4.75. The summed E-state index contributed by atoms with van der Waals surface area (Å²) in [4.78, 5) is 16.0. The lowest BCUT2D eigenvalue weighted by Gasteiger charge is -2.31. The number of carbonyl (C=O) groups excluding carboxylic acids is 1. The molecule has 1 saturated heterocycles. The molecule has 0 aromatic heterocycles. The number of hydrogen-bond donors (Lipinski definition) is 0. The highest BCUT2D eigenvalue weighted by molar-refractivity contribution is 5.82. The Morgan fingerprint density at radius 2 is 2.25 bits per heavy atom. The molecule has 1 fully saturated rings. The number of likely N-dealkylation sites (N-methyl/N-ethyl adjacent to an activating group) is 1. The maximum absolute atomic E-state index is 12.1. The van der Waals surface area contributed by atoms with Crippen molar-refractivity contribution in [3.8, 4) is 6.07 Å². The van der Waals surface area contributed by atoms with Crippen molar-refractivity contribution in [1.29, 1.82) is 5.26 Å². The van der Waals surface area contributed by atoms with Crippen LogP contribution in [0.3, 0.4) is 0 Å². The molecule has 0 aromatic carbocycles. The third kappa shape index (κ3) is 2.73. The highest BCUT2D eigenvalue weighted by Gasteiger charge is 2.33. The fourth-order valence-corrected chi connectivity index (χ4v) is 2.29. The molecule has 1 aliphatic rings. The zero-order valence-electron chi connectivity index (χ0n) is 10.4. The van der Waals surface area contributed by atoms with Gasteiger partial charge in [-0.2, -0.15) is 5.26 Å². The Balaban J connectivity index is 2.89. The van der Waals surface area contributed by atoms with Crippen LogP contribution in [0.25, 0.3) is 0 Å². The summed E-state index contributed by atoms with van der Waals surface area (Å²) in [5, 5.41) is 8.84. The van der Waals surface area contributed by atoms with Crippen LogP contribution in [0, 0.1) is 11.3 Å². The molecule has 1 amide bonds. The van der Waals surface area contributed by atoms with Crippen molar-refractivity contribution in [1.82, 2.24) is 9.80 Å². The minimum Gasteiger partial charge on any atom is -0.344 e. The van der Waals surface area contributed by atoms with E-state index in [2.05, 4.69) is 24.8 Å². The number of carbonyl (C=O) groups is 1. The zero-order valence-corrected chi connectivity index (χ0v) is 10.4. The van der Waals surface area contributed by atoms with Crippen molar-refractivity contribution in [3.05, 3.63) is 0 Å². The summed E-state index contributed by atoms with van der Waals surface area (Å²) < 4.78 is 0. The first-order valence-electron chi connectivity index (χ1n) is 5.99. The molecule has 2 atom stereocenters. The van der Waals surface area contributed by atoms with Gasteiger partial charge in [0.1, 0.15) is 6.04 Å². The third-order valence-corrected chi connectivity index (χ3v) is 3.28. The molecule has 1 aliphatic heterocycles. The van der Waals surface area contributed by atoms with Crippen molar-refractivity contribution in [2.75, 3.05) is 20.1 Å². The van der Waals surface area contributed by atoms with Gasteiger partial charge >= 0.3 is 0 Å². The van der Waals surface area contributed by atoms with Crippen molar-refractivity contribution in [2.45, 2.75) is 45.2 Å². The van der Waals surface area contributed by atoms with Crippen LogP contribution in [-0.4, -0.2) is 47.9 Å². The number of rotatable bonds is 3.